The van der Waals surface area contributed by atoms with Crippen molar-refractivity contribution in [1.82, 2.24) is 9.97 Å². The summed E-state index contributed by atoms with van der Waals surface area (Å²) in [5, 5.41) is 1.61. The van der Waals surface area contributed by atoms with Crippen molar-refractivity contribution in [3.05, 3.63) is 58.2 Å². The summed E-state index contributed by atoms with van der Waals surface area (Å²) in [5.74, 6) is 0.0995. The average molecular weight is 429 g/mol. The van der Waals surface area contributed by atoms with Gasteiger partial charge in [0.25, 0.3) is 5.22 Å². The highest BCUT2D eigenvalue weighted by molar-refractivity contribution is 9.10. The number of para-hydroxylation sites is 3. The molecule has 0 aliphatic heterocycles. The number of nitrogens with zero attached hydrogens (tertiary/aromatic N) is 1. The van der Waals surface area contributed by atoms with Gasteiger partial charge in [0.15, 0.2) is 10.7 Å². The summed E-state index contributed by atoms with van der Waals surface area (Å²) < 4.78 is 6.67. The molecule has 0 spiro atoms. The van der Waals surface area contributed by atoms with Crippen molar-refractivity contribution in [2.24, 2.45) is 0 Å². The third-order valence-electron chi connectivity index (χ3n) is 4.46. The first-order chi connectivity index (χ1) is 12.5. The molecule has 132 valence electrons. The Morgan fingerprint density at radius 3 is 2.88 bits per heavy atom. The zero-order valence-corrected chi connectivity index (χ0v) is 16.8. The van der Waals surface area contributed by atoms with Crippen LogP contribution in [0.4, 0.5) is 0 Å². The Bertz CT molecular complexity index is 1080. The Balaban J connectivity index is 1.54. The number of halogens is 1. The Labute approximate surface area is 163 Å². The minimum absolute atomic E-state index is 0.0489. The molecule has 1 atom stereocenters. The number of hydrogen-bond acceptors (Lipinski definition) is 4. The number of H-pyrrole nitrogens is 1. The lowest BCUT2D eigenvalue weighted by Crippen LogP contribution is -2.02. The van der Waals surface area contributed by atoms with Gasteiger partial charge in [-0.1, -0.05) is 31.2 Å². The van der Waals surface area contributed by atoms with Gasteiger partial charge in [-0.3, -0.25) is 4.79 Å². The van der Waals surface area contributed by atoms with Crippen LogP contribution < -0.4 is 0 Å². The number of nitrogens with one attached hydrogen (secondary N) is 1. The Kier molecular flexibility index (Phi) is 4.63. The van der Waals surface area contributed by atoms with Crippen LogP contribution in [0.1, 0.15) is 30.5 Å². The largest absolute Gasteiger partial charge is 0.431 e. The van der Waals surface area contributed by atoms with Crippen LogP contribution >= 0.6 is 27.7 Å². The maximum Gasteiger partial charge on any atom is 0.264 e. The molecule has 1 N–H and O–H groups in total. The van der Waals surface area contributed by atoms with Crippen molar-refractivity contribution in [3.8, 4) is 0 Å². The molecule has 0 amide bonds. The predicted octanol–water partition coefficient (Wildman–Crippen LogP) is 6.19. The minimum atomic E-state index is 0.0489. The van der Waals surface area contributed by atoms with Crippen LogP contribution in [-0.4, -0.2) is 15.1 Å². The zero-order valence-electron chi connectivity index (χ0n) is 14.4. The quantitative estimate of drug-likeness (QED) is 0.393. The molecule has 4 nitrogen and oxygen atoms in total. The fraction of sp³-hybridized carbons (Fsp3) is 0.200. The number of rotatable bonds is 4. The molecule has 0 saturated carbocycles. The van der Waals surface area contributed by atoms with Gasteiger partial charge in [-0.25, -0.2) is 4.98 Å². The molecular weight excluding hydrogens is 412 g/mol. The lowest BCUT2D eigenvalue weighted by molar-refractivity contribution is -0.111. The van der Waals surface area contributed by atoms with Crippen molar-refractivity contribution in [1.29, 1.82) is 0 Å². The van der Waals surface area contributed by atoms with Gasteiger partial charge in [-0.2, -0.15) is 0 Å². The molecule has 4 aromatic rings. The van der Waals surface area contributed by atoms with Crippen molar-refractivity contribution in [3.63, 3.8) is 0 Å². The predicted molar refractivity (Wildman–Crippen MR) is 109 cm³/mol. The van der Waals surface area contributed by atoms with Crippen LogP contribution in [0.3, 0.4) is 0 Å². The van der Waals surface area contributed by atoms with Crippen LogP contribution in [0.15, 0.2) is 56.6 Å². The molecule has 2 aromatic carbocycles. The molecule has 6 heteroatoms. The summed E-state index contributed by atoms with van der Waals surface area (Å²) in [4.78, 5) is 20.3. The smallest absolute Gasteiger partial charge is 0.264 e. The molecule has 0 aliphatic carbocycles. The normalized spacial score (nSPS) is 12.7. The molecule has 26 heavy (non-hydrogen) atoms. The second-order valence-electron chi connectivity index (χ2n) is 6.35. The van der Waals surface area contributed by atoms with E-state index >= 15 is 0 Å². The van der Waals surface area contributed by atoms with E-state index in [-0.39, 0.29) is 11.0 Å². The number of aromatic amines is 1. The summed E-state index contributed by atoms with van der Waals surface area (Å²) in [6.07, 6.45) is 0.420. The number of oxazole rings is 1. The van der Waals surface area contributed by atoms with Crippen molar-refractivity contribution >= 4 is 54.8 Å². The van der Waals surface area contributed by atoms with E-state index in [1.54, 1.807) is 0 Å². The first-order valence-corrected chi connectivity index (χ1v) is 9.97. The number of aromatic nitrogens is 2. The summed E-state index contributed by atoms with van der Waals surface area (Å²) in [7, 11) is 0. The van der Waals surface area contributed by atoms with Crippen molar-refractivity contribution < 1.29 is 9.21 Å². The molecule has 0 fully saturated rings. The van der Waals surface area contributed by atoms with Crippen LogP contribution in [0.5, 0.6) is 0 Å². The van der Waals surface area contributed by atoms with E-state index < -0.39 is 0 Å². The lowest BCUT2D eigenvalue weighted by Gasteiger charge is -2.10. The standard InChI is InChI=1S/C20H17BrN2O2S/c1-11(18-12(2)22-19-13(18)6-5-7-14(19)21)10-17(24)26-20-23-15-8-3-4-9-16(15)25-20/h3-9,11,22H,10H2,1-2H3/t11-/m1/s1. The van der Waals surface area contributed by atoms with E-state index in [1.165, 1.54) is 5.56 Å². The molecule has 0 radical (unpaired) electrons. The second-order valence-corrected chi connectivity index (χ2v) is 8.22. The number of fused-ring (bicyclic) bond motifs is 2. The molecule has 0 saturated heterocycles. The van der Waals surface area contributed by atoms with Crippen molar-refractivity contribution in [2.45, 2.75) is 31.4 Å². The molecule has 2 heterocycles. The van der Waals surface area contributed by atoms with Gasteiger partial charge >= 0.3 is 0 Å². The van der Waals surface area contributed by atoms with Crippen molar-refractivity contribution in [2.75, 3.05) is 0 Å². The molecule has 0 bridgehead atoms. The summed E-state index contributed by atoms with van der Waals surface area (Å²) in [6.45, 7) is 4.14. The number of carbonyl (C=O) groups excluding carboxylic acids is 1. The number of thioether (sulfide) groups is 1. The Morgan fingerprint density at radius 1 is 1.27 bits per heavy atom. The third-order valence-corrected chi connectivity index (χ3v) is 5.87. The topological polar surface area (TPSA) is 58.9 Å². The van der Waals surface area contributed by atoms with Crippen LogP contribution in [0.25, 0.3) is 22.0 Å². The molecule has 0 unspecified atom stereocenters. The number of hydrogen-bond donors (Lipinski definition) is 1. The van der Waals surface area contributed by atoms with Gasteiger partial charge in [0.05, 0.1) is 5.52 Å². The van der Waals surface area contributed by atoms with Crippen LogP contribution in [0.2, 0.25) is 0 Å². The Morgan fingerprint density at radius 2 is 2.08 bits per heavy atom. The minimum Gasteiger partial charge on any atom is -0.431 e. The van der Waals surface area contributed by atoms with E-state index in [0.29, 0.717) is 17.2 Å². The third kappa shape index (κ3) is 3.19. The summed E-state index contributed by atoms with van der Waals surface area (Å²) >= 11 is 4.66. The first-order valence-electron chi connectivity index (χ1n) is 8.36. The van der Waals surface area contributed by atoms with Gasteiger partial charge in [-0.15, -0.1) is 0 Å². The van der Waals surface area contributed by atoms with E-state index in [9.17, 15) is 4.79 Å². The highest BCUT2D eigenvalue weighted by Gasteiger charge is 2.20. The summed E-state index contributed by atoms with van der Waals surface area (Å²) in [6, 6.07) is 13.7. The van der Waals surface area contributed by atoms with Gasteiger partial charge < -0.3 is 9.40 Å². The van der Waals surface area contributed by atoms with E-state index in [1.807, 2.05) is 36.4 Å². The molecule has 4 rings (SSSR count). The second kappa shape index (κ2) is 6.93. The zero-order chi connectivity index (χ0) is 18.3. The molecular formula is C20H17BrN2O2S. The monoisotopic (exact) mass is 428 g/mol. The van der Waals surface area contributed by atoms with Gasteiger partial charge in [0, 0.05) is 33.7 Å². The van der Waals surface area contributed by atoms with Crippen LogP contribution in [-0.2, 0) is 4.79 Å². The van der Waals surface area contributed by atoms with Gasteiger partial charge in [0.1, 0.15) is 5.52 Å². The maximum atomic E-state index is 12.6. The van der Waals surface area contributed by atoms with Crippen LogP contribution in [0, 0.1) is 6.92 Å². The van der Waals surface area contributed by atoms with Gasteiger partial charge in [0.2, 0.25) is 0 Å². The maximum absolute atomic E-state index is 12.6. The SMILES string of the molecule is Cc1[nH]c2c(Br)cccc2c1[C@H](C)CC(=O)Sc1nc2ccccc2o1. The fourth-order valence-corrected chi connectivity index (χ4v) is 4.62. The first kappa shape index (κ1) is 17.4. The highest BCUT2D eigenvalue weighted by atomic mass is 79.9. The van der Waals surface area contributed by atoms with E-state index in [2.05, 4.69) is 45.8 Å². The van der Waals surface area contributed by atoms with E-state index in [4.69, 9.17) is 4.42 Å². The molecule has 0 aliphatic rings. The average Bonchev–Trinajstić information content (AvgIpc) is 3.14. The number of benzene rings is 2. The van der Waals surface area contributed by atoms with E-state index in [0.717, 1.165) is 38.3 Å². The highest BCUT2D eigenvalue weighted by Crippen LogP contribution is 2.35. The number of aryl methyl sites for hydroxylation is 1. The Hall–Kier alpha value is -2.05. The lowest BCUT2D eigenvalue weighted by atomic mass is 9.95. The van der Waals surface area contributed by atoms with Gasteiger partial charge in [-0.05, 0) is 52.5 Å². The molecule has 2 aromatic heterocycles. The summed E-state index contributed by atoms with van der Waals surface area (Å²) in [5.41, 5.74) is 4.83. The fourth-order valence-electron chi connectivity index (χ4n) is 3.35. The number of carbonyl (C=O) groups is 1.